The van der Waals surface area contributed by atoms with Gasteiger partial charge in [0.05, 0.1) is 17.6 Å². The van der Waals surface area contributed by atoms with Gasteiger partial charge in [0.15, 0.2) is 0 Å². The van der Waals surface area contributed by atoms with Crippen molar-refractivity contribution in [1.82, 2.24) is 5.32 Å². The maximum absolute atomic E-state index is 10.00. The first-order valence-electron chi connectivity index (χ1n) is 4.55. The largest absolute Gasteiger partial charge is 0.387 e. The molecule has 1 rings (SSSR count). The molecule has 2 N–H and O–H groups in total. The van der Waals surface area contributed by atoms with Crippen LogP contribution in [0.5, 0.6) is 0 Å². The molecule has 0 aromatic carbocycles. The smallest absolute Gasteiger partial charge is 0.0940 e. The number of nitriles is 1. The lowest BCUT2D eigenvalue weighted by molar-refractivity contribution is 0.0189. The van der Waals surface area contributed by atoms with Gasteiger partial charge in [-0.2, -0.15) is 5.26 Å². The predicted molar refractivity (Wildman–Crippen MR) is 46.4 cm³/mol. The summed E-state index contributed by atoms with van der Waals surface area (Å²) in [7, 11) is 0. The molecule has 1 aliphatic rings. The van der Waals surface area contributed by atoms with Crippen LogP contribution in [0.4, 0.5) is 0 Å². The zero-order valence-corrected chi connectivity index (χ0v) is 7.51. The molecular weight excluding hydrogens is 152 g/mol. The third-order valence-electron chi connectivity index (χ3n) is 2.55. The fourth-order valence-electron chi connectivity index (χ4n) is 1.74. The van der Waals surface area contributed by atoms with Crippen molar-refractivity contribution in [2.24, 2.45) is 5.92 Å². The number of rotatable bonds is 3. The average Bonchev–Trinajstić information content (AvgIpc) is 2.49. The Morgan fingerprint density at radius 3 is 2.92 bits per heavy atom. The lowest BCUT2D eigenvalue weighted by Crippen LogP contribution is -2.39. The SMILES string of the molecule is CCCC(C#N)C1(O)CCNC1. The van der Waals surface area contributed by atoms with Crippen molar-refractivity contribution in [3.05, 3.63) is 0 Å². The molecule has 3 nitrogen and oxygen atoms in total. The molecule has 68 valence electrons. The van der Waals surface area contributed by atoms with E-state index in [0.717, 1.165) is 19.4 Å². The molecule has 0 radical (unpaired) electrons. The second-order valence-corrected chi connectivity index (χ2v) is 3.50. The number of hydrogen-bond donors (Lipinski definition) is 2. The molecule has 0 amide bonds. The van der Waals surface area contributed by atoms with Crippen LogP contribution in [0.15, 0.2) is 0 Å². The third-order valence-corrected chi connectivity index (χ3v) is 2.55. The van der Waals surface area contributed by atoms with Gasteiger partial charge in [0, 0.05) is 6.54 Å². The maximum atomic E-state index is 10.00. The van der Waals surface area contributed by atoms with Crippen molar-refractivity contribution >= 4 is 0 Å². The Bertz CT molecular complexity index is 179. The van der Waals surface area contributed by atoms with Gasteiger partial charge in [-0.1, -0.05) is 13.3 Å². The van der Waals surface area contributed by atoms with Gasteiger partial charge in [-0.25, -0.2) is 0 Å². The van der Waals surface area contributed by atoms with Crippen LogP contribution >= 0.6 is 0 Å². The van der Waals surface area contributed by atoms with Crippen LogP contribution in [0.25, 0.3) is 0 Å². The topological polar surface area (TPSA) is 56.0 Å². The second-order valence-electron chi connectivity index (χ2n) is 3.50. The van der Waals surface area contributed by atoms with Crippen LogP contribution in [0.1, 0.15) is 26.2 Å². The highest BCUT2D eigenvalue weighted by molar-refractivity contribution is 5.02. The summed E-state index contributed by atoms with van der Waals surface area (Å²) >= 11 is 0. The van der Waals surface area contributed by atoms with E-state index in [0.29, 0.717) is 13.0 Å². The van der Waals surface area contributed by atoms with E-state index in [9.17, 15) is 5.11 Å². The van der Waals surface area contributed by atoms with Crippen LogP contribution < -0.4 is 5.32 Å². The van der Waals surface area contributed by atoms with Crippen molar-refractivity contribution in [3.8, 4) is 6.07 Å². The fraction of sp³-hybridized carbons (Fsp3) is 0.889. The molecule has 12 heavy (non-hydrogen) atoms. The average molecular weight is 168 g/mol. The quantitative estimate of drug-likeness (QED) is 0.650. The van der Waals surface area contributed by atoms with E-state index < -0.39 is 5.60 Å². The zero-order valence-electron chi connectivity index (χ0n) is 7.51. The van der Waals surface area contributed by atoms with Crippen molar-refractivity contribution in [2.45, 2.75) is 31.8 Å². The number of hydrogen-bond acceptors (Lipinski definition) is 3. The predicted octanol–water partition coefficient (Wildman–Crippen LogP) is 0.651. The van der Waals surface area contributed by atoms with Gasteiger partial charge >= 0.3 is 0 Å². The number of aliphatic hydroxyl groups is 1. The molecule has 0 saturated carbocycles. The van der Waals surface area contributed by atoms with Crippen LogP contribution in [0.2, 0.25) is 0 Å². The monoisotopic (exact) mass is 168 g/mol. The summed E-state index contributed by atoms with van der Waals surface area (Å²) in [5.74, 6) is -0.197. The van der Waals surface area contributed by atoms with Gasteiger partial charge in [0.1, 0.15) is 0 Å². The van der Waals surface area contributed by atoms with Crippen molar-refractivity contribution in [2.75, 3.05) is 13.1 Å². The number of nitrogens with zero attached hydrogens (tertiary/aromatic N) is 1. The molecule has 1 fully saturated rings. The van der Waals surface area contributed by atoms with E-state index in [-0.39, 0.29) is 5.92 Å². The second kappa shape index (κ2) is 3.88. The Hall–Kier alpha value is -0.590. The van der Waals surface area contributed by atoms with Crippen molar-refractivity contribution in [3.63, 3.8) is 0 Å². The van der Waals surface area contributed by atoms with Crippen LogP contribution in [0, 0.1) is 17.2 Å². The molecule has 2 atom stereocenters. The molecule has 2 unspecified atom stereocenters. The molecule has 0 aromatic rings. The Morgan fingerprint density at radius 2 is 2.50 bits per heavy atom. The maximum Gasteiger partial charge on any atom is 0.0940 e. The van der Waals surface area contributed by atoms with E-state index in [1.165, 1.54) is 0 Å². The number of β-amino-alcohol motifs (C(OH)–C–C–N with tert-alkyl or cyclic N) is 1. The summed E-state index contributed by atoms with van der Waals surface area (Å²) in [5, 5.41) is 21.9. The molecule has 1 saturated heterocycles. The van der Waals surface area contributed by atoms with Gasteiger partial charge in [0.2, 0.25) is 0 Å². The summed E-state index contributed by atoms with van der Waals surface area (Å²) in [5.41, 5.74) is -0.759. The Morgan fingerprint density at radius 1 is 1.75 bits per heavy atom. The minimum atomic E-state index is -0.759. The minimum absolute atomic E-state index is 0.197. The summed E-state index contributed by atoms with van der Waals surface area (Å²) in [6.07, 6.45) is 2.47. The van der Waals surface area contributed by atoms with Gasteiger partial charge in [-0.3, -0.25) is 0 Å². The van der Waals surface area contributed by atoms with Crippen molar-refractivity contribution in [1.29, 1.82) is 5.26 Å². The van der Waals surface area contributed by atoms with Crippen LogP contribution in [0.3, 0.4) is 0 Å². The highest BCUT2D eigenvalue weighted by Gasteiger charge is 2.38. The van der Waals surface area contributed by atoms with Gasteiger partial charge < -0.3 is 10.4 Å². The highest BCUT2D eigenvalue weighted by atomic mass is 16.3. The van der Waals surface area contributed by atoms with E-state index >= 15 is 0 Å². The van der Waals surface area contributed by atoms with E-state index in [4.69, 9.17) is 5.26 Å². The van der Waals surface area contributed by atoms with Crippen LogP contribution in [-0.4, -0.2) is 23.8 Å². The standard InChI is InChI=1S/C9H16N2O/c1-2-3-8(6-10)9(12)4-5-11-7-9/h8,11-12H,2-5,7H2,1H3. The summed E-state index contributed by atoms with van der Waals surface area (Å²) < 4.78 is 0. The summed E-state index contributed by atoms with van der Waals surface area (Å²) in [4.78, 5) is 0. The first-order chi connectivity index (χ1) is 5.73. The lowest BCUT2D eigenvalue weighted by atomic mass is 9.84. The molecule has 1 heterocycles. The lowest BCUT2D eigenvalue weighted by Gasteiger charge is -2.26. The summed E-state index contributed by atoms with van der Waals surface area (Å²) in [6, 6.07) is 2.20. The molecule has 0 aliphatic carbocycles. The normalized spacial score (nSPS) is 31.4. The highest BCUT2D eigenvalue weighted by Crippen LogP contribution is 2.27. The van der Waals surface area contributed by atoms with Gasteiger partial charge in [0.25, 0.3) is 0 Å². The van der Waals surface area contributed by atoms with Crippen LogP contribution in [-0.2, 0) is 0 Å². The Labute approximate surface area is 73.4 Å². The Balaban J connectivity index is 2.58. The van der Waals surface area contributed by atoms with Crippen molar-refractivity contribution < 1.29 is 5.11 Å². The first kappa shape index (κ1) is 9.50. The summed E-state index contributed by atoms with van der Waals surface area (Å²) in [6.45, 7) is 3.44. The Kier molecular flexibility index (Phi) is 3.07. The third kappa shape index (κ3) is 1.77. The molecular formula is C9H16N2O. The van der Waals surface area contributed by atoms with Gasteiger partial charge in [-0.15, -0.1) is 0 Å². The molecule has 3 heteroatoms. The van der Waals surface area contributed by atoms with E-state index in [1.807, 2.05) is 6.92 Å². The molecule has 0 spiro atoms. The minimum Gasteiger partial charge on any atom is -0.387 e. The molecule has 0 bridgehead atoms. The molecule has 1 aliphatic heterocycles. The fourth-order valence-corrected chi connectivity index (χ4v) is 1.74. The van der Waals surface area contributed by atoms with E-state index in [2.05, 4.69) is 11.4 Å². The van der Waals surface area contributed by atoms with Gasteiger partial charge in [-0.05, 0) is 19.4 Å². The first-order valence-corrected chi connectivity index (χ1v) is 4.55. The number of nitrogens with one attached hydrogen (secondary N) is 1. The molecule has 0 aromatic heterocycles. The zero-order chi connectivity index (χ0) is 9.03. The van der Waals surface area contributed by atoms with E-state index in [1.54, 1.807) is 0 Å².